The van der Waals surface area contributed by atoms with Gasteiger partial charge in [-0.1, -0.05) is 36.4 Å². The molecule has 4 N–H and O–H groups in total. The van der Waals surface area contributed by atoms with Crippen LogP contribution in [-0.2, 0) is 0 Å². The number of hydrogen-bond acceptors (Lipinski definition) is 4. The monoisotopic (exact) mass is 492 g/mol. The Morgan fingerprint density at radius 2 is 0.816 bits per heavy atom. The Bertz CT molecular complexity index is 1650. The summed E-state index contributed by atoms with van der Waals surface area (Å²) in [5, 5.41) is 6.83. The van der Waals surface area contributed by atoms with Gasteiger partial charge in [0.1, 0.15) is 11.6 Å². The highest BCUT2D eigenvalue weighted by molar-refractivity contribution is 5.94. The smallest absolute Gasteiger partial charge is 0.138 e. The van der Waals surface area contributed by atoms with Gasteiger partial charge in [-0.3, -0.25) is 0 Å². The second-order valence-corrected chi connectivity index (χ2v) is 9.19. The second-order valence-electron chi connectivity index (χ2n) is 9.19. The maximum Gasteiger partial charge on any atom is 0.138 e. The van der Waals surface area contributed by atoms with Crippen molar-refractivity contribution in [3.63, 3.8) is 0 Å². The number of nitrogens with zero attached hydrogens (tertiary/aromatic N) is 2. The molecule has 0 aliphatic carbocycles. The number of anilines is 4. The summed E-state index contributed by atoms with van der Waals surface area (Å²) in [6.07, 6.45) is 0. The minimum Gasteiger partial charge on any atom is -0.356 e. The fraction of sp³-hybridized carbons (Fsp3) is 0. The van der Waals surface area contributed by atoms with E-state index in [4.69, 9.17) is 9.97 Å². The highest BCUT2D eigenvalue weighted by Crippen LogP contribution is 2.28. The molecular weight excluding hydrogens is 468 g/mol. The fourth-order valence-electron chi connectivity index (χ4n) is 4.59. The average molecular weight is 493 g/mol. The van der Waals surface area contributed by atoms with Crippen LogP contribution >= 0.6 is 0 Å². The first-order chi connectivity index (χ1) is 18.8. The van der Waals surface area contributed by atoms with Gasteiger partial charge in [-0.2, -0.15) is 0 Å². The lowest BCUT2D eigenvalue weighted by atomic mass is 10.2. The van der Waals surface area contributed by atoms with Crippen LogP contribution in [0.25, 0.3) is 44.8 Å². The molecule has 6 heteroatoms. The van der Waals surface area contributed by atoms with E-state index >= 15 is 0 Å². The maximum atomic E-state index is 4.84. The summed E-state index contributed by atoms with van der Waals surface area (Å²) in [6, 6.07) is 40.9. The number of fused-ring (bicyclic) bond motifs is 2. The average Bonchev–Trinajstić information content (AvgIpc) is 3.57. The van der Waals surface area contributed by atoms with Crippen LogP contribution < -0.4 is 10.6 Å². The zero-order valence-electron chi connectivity index (χ0n) is 20.4. The van der Waals surface area contributed by atoms with Crippen molar-refractivity contribution in [3.8, 4) is 22.8 Å². The molecule has 7 rings (SSSR count). The summed E-state index contributed by atoms with van der Waals surface area (Å²) >= 11 is 0. The standard InChI is InChI=1S/C32H24N6/c1-3-7-23(8-4-1)33-25-15-11-21(12-16-25)31-35-27-19-29-30(20-28(27)36-31)38-32(37-29)22-13-17-26(18-14-22)34-24-9-5-2-6-10-24/h1-20,33-34H,(H,35,36)(H,37,38). The second kappa shape index (κ2) is 9.26. The molecule has 0 saturated heterocycles. The number of aromatic nitrogens is 4. The number of hydrogen-bond donors (Lipinski definition) is 4. The molecule has 0 amide bonds. The third kappa shape index (κ3) is 4.35. The Morgan fingerprint density at radius 3 is 1.24 bits per heavy atom. The predicted octanol–water partition coefficient (Wildman–Crippen LogP) is 8.26. The molecule has 2 heterocycles. The zero-order chi connectivity index (χ0) is 25.3. The lowest BCUT2D eigenvalue weighted by Crippen LogP contribution is -1.89. The van der Waals surface area contributed by atoms with E-state index in [1.165, 1.54) is 0 Å². The number of para-hydroxylation sites is 2. The van der Waals surface area contributed by atoms with Crippen LogP contribution in [-0.4, -0.2) is 19.9 Å². The molecule has 0 aliphatic rings. The van der Waals surface area contributed by atoms with Gasteiger partial charge in [0.15, 0.2) is 0 Å². The van der Waals surface area contributed by atoms with Gasteiger partial charge in [0.25, 0.3) is 0 Å². The SMILES string of the molecule is c1ccc(Nc2ccc(-c3nc4cc5nc(-c6ccc(Nc7ccccc7)cc6)[nH]c5cc4[nH]3)cc2)cc1. The lowest BCUT2D eigenvalue weighted by molar-refractivity contribution is 1.33. The van der Waals surface area contributed by atoms with E-state index in [9.17, 15) is 0 Å². The summed E-state index contributed by atoms with van der Waals surface area (Å²) in [6.45, 7) is 0. The van der Waals surface area contributed by atoms with Crippen LogP contribution in [0.1, 0.15) is 0 Å². The summed E-state index contributed by atoms with van der Waals surface area (Å²) in [5.41, 5.74) is 9.96. The Morgan fingerprint density at radius 1 is 0.421 bits per heavy atom. The number of nitrogens with one attached hydrogen (secondary N) is 4. The Hall–Kier alpha value is -5.36. The fourth-order valence-corrected chi connectivity index (χ4v) is 4.59. The molecule has 5 aromatic carbocycles. The molecular formula is C32H24N6. The minimum absolute atomic E-state index is 0.834. The highest BCUT2D eigenvalue weighted by Gasteiger charge is 2.11. The quantitative estimate of drug-likeness (QED) is 0.188. The predicted molar refractivity (Wildman–Crippen MR) is 156 cm³/mol. The molecule has 182 valence electrons. The van der Waals surface area contributed by atoms with Crippen LogP contribution in [0.4, 0.5) is 22.7 Å². The van der Waals surface area contributed by atoms with Crippen molar-refractivity contribution < 1.29 is 0 Å². The molecule has 0 spiro atoms. The van der Waals surface area contributed by atoms with Gasteiger partial charge < -0.3 is 20.6 Å². The Labute approximate surface area is 219 Å². The van der Waals surface area contributed by atoms with E-state index in [0.717, 1.165) is 67.6 Å². The normalized spacial score (nSPS) is 11.2. The molecule has 7 aromatic rings. The van der Waals surface area contributed by atoms with Crippen molar-refractivity contribution in [3.05, 3.63) is 121 Å². The third-order valence-corrected chi connectivity index (χ3v) is 6.53. The van der Waals surface area contributed by atoms with Crippen molar-refractivity contribution in [1.82, 2.24) is 19.9 Å². The van der Waals surface area contributed by atoms with Gasteiger partial charge in [-0.05, 0) is 84.9 Å². The first-order valence-corrected chi connectivity index (χ1v) is 12.5. The first kappa shape index (κ1) is 21.9. The van der Waals surface area contributed by atoms with E-state index in [1.807, 2.05) is 66.7 Å². The molecule has 0 saturated carbocycles. The van der Waals surface area contributed by atoms with Crippen LogP contribution in [0.2, 0.25) is 0 Å². The van der Waals surface area contributed by atoms with Crippen LogP contribution in [0.5, 0.6) is 0 Å². The number of H-pyrrole nitrogens is 2. The maximum absolute atomic E-state index is 4.84. The van der Waals surface area contributed by atoms with E-state index in [1.54, 1.807) is 0 Å². The van der Waals surface area contributed by atoms with Gasteiger partial charge in [0.2, 0.25) is 0 Å². The molecule has 0 bridgehead atoms. The Kier molecular flexibility index (Phi) is 5.33. The number of rotatable bonds is 6. The van der Waals surface area contributed by atoms with Crippen LogP contribution in [0, 0.1) is 0 Å². The van der Waals surface area contributed by atoms with Crippen molar-refractivity contribution in [2.24, 2.45) is 0 Å². The van der Waals surface area contributed by atoms with Gasteiger partial charge >= 0.3 is 0 Å². The van der Waals surface area contributed by atoms with Crippen molar-refractivity contribution in [1.29, 1.82) is 0 Å². The molecule has 38 heavy (non-hydrogen) atoms. The zero-order valence-corrected chi connectivity index (χ0v) is 20.4. The molecule has 0 fully saturated rings. The van der Waals surface area contributed by atoms with Crippen LogP contribution in [0.15, 0.2) is 121 Å². The number of imidazole rings is 2. The summed E-state index contributed by atoms with van der Waals surface area (Å²) in [4.78, 5) is 16.6. The van der Waals surface area contributed by atoms with Gasteiger partial charge in [-0.15, -0.1) is 0 Å². The van der Waals surface area contributed by atoms with E-state index in [-0.39, 0.29) is 0 Å². The van der Waals surface area contributed by atoms with Crippen molar-refractivity contribution in [2.75, 3.05) is 10.6 Å². The van der Waals surface area contributed by atoms with E-state index in [0.29, 0.717) is 0 Å². The summed E-state index contributed by atoms with van der Waals surface area (Å²) in [7, 11) is 0. The molecule has 6 nitrogen and oxygen atoms in total. The largest absolute Gasteiger partial charge is 0.356 e. The molecule has 0 radical (unpaired) electrons. The Balaban J connectivity index is 1.12. The topological polar surface area (TPSA) is 81.4 Å². The highest BCUT2D eigenvalue weighted by atomic mass is 15.0. The van der Waals surface area contributed by atoms with Crippen molar-refractivity contribution >= 4 is 44.8 Å². The molecule has 2 aromatic heterocycles. The van der Waals surface area contributed by atoms with E-state index in [2.05, 4.69) is 75.2 Å². The van der Waals surface area contributed by atoms with Crippen molar-refractivity contribution in [2.45, 2.75) is 0 Å². The van der Waals surface area contributed by atoms with Crippen LogP contribution in [0.3, 0.4) is 0 Å². The van der Waals surface area contributed by atoms with E-state index < -0.39 is 0 Å². The van der Waals surface area contributed by atoms with Gasteiger partial charge in [-0.25, -0.2) is 9.97 Å². The number of aromatic amines is 2. The molecule has 0 atom stereocenters. The minimum atomic E-state index is 0.834. The molecule has 0 unspecified atom stereocenters. The molecule has 0 aliphatic heterocycles. The number of benzene rings is 5. The van der Waals surface area contributed by atoms with Gasteiger partial charge in [0, 0.05) is 33.9 Å². The van der Waals surface area contributed by atoms with Gasteiger partial charge in [0.05, 0.1) is 22.1 Å². The summed E-state index contributed by atoms with van der Waals surface area (Å²) in [5.74, 6) is 1.67. The first-order valence-electron chi connectivity index (χ1n) is 12.5. The lowest BCUT2D eigenvalue weighted by Gasteiger charge is -2.06. The summed E-state index contributed by atoms with van der Waals surface area (Å²) < 4.78 is 0. The third-order valence-electron chi connectivity index (χ3n) is 6.53.